The maximum Gasteiger partial charge on any atom is 0.250 e. The number of aromatic nitrogens is 1. The summed E-state index contributed by atoms with van der Waals surface area (Å²) in [6.45, 7) is 11.4. The molecule has 0 fully saturated rings. The van der Waals surface area contributed by atoms with Crippen molar-refractivity contribution in [2.45, 2.75) is 47.1 Å². The largest absolute Gasteiger partial charge is 0.372 e. The Morgan fingerprint density at radius 1 is 1.12 bits per heavy atom. The highest BCUT2D eigenvalue weighted by Gasteiger charge is 2.16. The van der Waals surface area contributed by atoms with E-state index in [2.05, 4.69) is 54.5 Å². The Balaban J connectivity index is 2.43. The third-order valence-corrected chi connectivity index (χ3v) is 4.66. The van der Waals surface area contributed by atoms with Gasteiger partial charge in [0.1, 0.15) is 0 Å². The highest BCUT2D eigenvalue weighted by Crippen LogP contribution is 2.28. The summed E-state index contributed by atoms with van der Waals surface area (Å²) in [6.07, 6.45) is 2.20. The first kappa shape index (κ1) is 18.1. The Morgan fingerprint density at radius 2 is 1.75 bits per heavy atom. The average Bonchev–Trinajstić information content (AvgIpc) is 2.91. The van der Waals surface area contributed by atoms with Crippen LogP contribution in [0.1, 0.15) is 49.7 Å². The van der Waals surface area contributed by atoms with E-state index in [1.165, 1.54) is 5.69 Å². The van der Waals surface area contributed by atoms with Crippen LogP contribution in [0.2, 0.25) is 0 Å². The lowest BCUT2D eigenvalue weighted by atomic mass is 10.1. The van der Waals surface area contributed by atoms with Crippen molar-refractivity contribution in [1.29, 1.82) is 0 Å². The molecular weight excluding hydrogens is 298 g/mol. The maximum atomic E-state index is 11.7. The number of unbranched alkanes of at least 4 members (excludes halogenated alkanes) is 1. The second-order valence-electron chi connectivity index (χ2n) is 6.12. The predicted octanol–water partition coefficient (Wildman–Crippen LogP) is 4.21. The van der Waals surface area contributed by atoms with Crippen molar-refractivity contribution in [2.75, 3.05) is 18.0 Å². The third kappa shape index (κ3) is 3.64. The van der Waals surface area contributed by atoms with Gasteiger partial charge in [0.2, 0.25) is 0 Å². The van der Waals surface area contributed by atoms with Crippen LogP contribution in [0.4, 0.5) is 5.69 Å². The van der Waals surface area contributed by atoms with Gasteiger partial charge in [0.25, 0.3) is 5.91 Å². The van der Waals surface area contributed by atoms with Crippen LogP contribution in [0.5, 0.6) is 0 Å². The molecule has 0 aliphatic rings. The Bertz CT molecular complexity index is 682. The molecule has 0 saturated carbocycles. The van der Waals surface area contributed by atoms with Crippen molar-refractivity contribution in [3.05, 3.63) is 41.6 Å². The molecule has 0 saturated heterocycles. The monoisotopic (exact) mass is 327 g/mol. The molecule has 4 heteroatoms. The number of hydrogen-bond donors (Lipinski definition) is 1. The number of anilines is 1. The molecule has 0 spiro atoms. The number of carbonyl (C=O) groups is 1. The molecule has 0 radical (unpaired) electrons. The lowest BCUT2D eigenvalue weighted by Crippen LogP contribution is -2.21. The number of rotatable bonds is 8. The lowest BCUT2D eigenvalue weighted by molar-refractivity contribution is 0.0999. The topological polar surface area (TPSA) is 51.3 Å². The van der Waals surface area contributed by atoms with E-state index in [-0.39, 0.29) is 5.91 Å². The number of hydrogen-bond acceptors (Lipinski definition) is 2. The summed E-state index contributed by atoms with van der Waals surface area (Å²) in [5, 5.41) is 0. The van der Waals surface area contributed by atoms with Gasteiger partial charge in [-0.3, -0.25) is 4.79 Å². The van der Waals surface area contributed by atoms with Crippen LogP contribution in [-0.4, -0.2) is 23.6 Å². The first-order valence-corrected chi connectivity index (χ1v) is 8.88. The maximum absolute atomic E-state index is 11.7. The third-order valence-electron chi connectivity index (χ3n) is 4.66. The van der Waals surface area contributed by atoms with Crippen molar-refractivity contribution in [3.63, 3.8) is 0 Å². The molecule has 0 atom stereocenters. The molecule has 2 aromatic rings. The van der Waals surface area contributed by atoms with Gasteiger partial charge in [0.05, 0.1) is 5.56 Å². The lowest BCUT2D eigenvalue weighted by Gasteiger charge is -2.21. The van der Waals surface area contributed by atoms with Crippen LogP contribution >= 0.6 is 0 Å². The Morgan fingerprint density at radius 3 is 2.25 bits per heavy atom. The van der Waals surface area contributed by atoms with Gasteiger partial charge in [0, 0.05) is 36.7 Å². The second-order valence-corrected chi connectivity index (χ2v) is 6.12. The quantitative estimate of drug-likeness (QED) is 0.789. The zero-order chi connectivity index (χ0) is 17.7. The number of amides is 1. The van der Waals surface area contributed by atoms with Gasteiger partial charge >= 0.3 is 0 Å². The van der Waals surface area contributed by atoms with Crippen molar-refractivity contribution >= 4 is 11.6 Å². The van der Waals surface area contributed by atoms with E-state index in [1.807, 2.05) is 13.0 Å². The van der Waals surface area contributed by atoms with Crippen LogP contribution in [-0.2, 0) is 6.54 Å². The van der Waals surface area contributed by atoms with Crippen molar-refractivity contribution in [2.24, 2.45) is 5.73 Å². The SMILES string of the molecule is CCCCn1c(-c2ccc(N(CC)CC)cc2)cc(C(N)=O)c1C. The number of primary amides is 1. The minimum atomic E-state index is -0.358. The molecule has 0 aliphatic heterocycles. The molecule has 1 amide bonds. The summed E-state index contributed by atoms with van der Waals surface area (Å²) < 4.78 is 2.22. The summed E-state index contributed by atoms with van der Waals surface area (Å²) in [5.41, 5.74) is 10.5. The van der Waals surface area contributed by atoms with Crippen LogP contribution in [0.15, 0.2) is 30.3 Å². The molecule has 2 rings (SSSR count). The molecule has 1 aromatic heterocycles. The number of benzene rings is 1. The fraction of sp³-hybridized carbons (Fsp3) is 0.450. The van der Waals surface area contributed by atoms with Gasteiger partial charge in [-0.15, -0.1) is 0 Å². The van der Waals surface area contributed by atoms with Crippen molar-refractivity contribution < 1.29 is 4.79 Å². The van der Waals surface area contributed by atoms with E-state index in [0.29, 0.717) is 5.56 Å². The van der Waals surface area contributed by atoms with Crippen LogP contribution < -0.4 is 10.6 Å². The summed E-state index contributed by atoms with van der Waals surface area (Å²) in [6, 6.07) is 10.5. The molecular formula is C20H29N3O. The van der Waals surface area contributed by atoms with Gasteiger partial charge in [-0.05, 0) is 51.0 Å². The molecule has 24 heavy (non-hydrogen) atoms. The Labute approximate surface area is 145 Å². The van der Waals surface area contributed by atoms with Gasteiger partial charge in [-0.25, -0.2) is 0 Å². The summed E-state index contributed by atoms with van der Waals surface area (Å²) >= 11 is 0. The highest BCUT2D eigenvalue weighted by molar-refractivity contribution is 5.95. The fourth-order valence-corrected chi connectivity index (χ4v) is 3.17. The summed E-state index contributed by atoms with van der Waals surface area (Å²) in [7, 11) is 0. The molecule has 1 aromatic carbocycles. The molecule has 0 aliphatic carbocycles. The molecule has 4 nitrogen and oxygen atoms in total. The van der Waals surface area contributed by atoms with Crippen LogP contribution in [0.25, 0.3) is 11.3 Å². The second kappa shape index (κ2) is 8.04. The average molecular weight is 327 g/mol. The van der Waals surface area contributed by atoms with E-state index < -0.39 is 0 Å². The smallest absolute Gasteiger partial charge is 0.250 e. The Hall–Kier alpha value is -2.23. The van der Waals surface area contributed by atoms with Crippen LogP contribution in [0.3, 0.4) is 0 Å². The van der Waals surface area contributed by atoms with Gasteiger partial charge in [0.15, 0.2) is 0 Å². The molecule has 130 valence electrons. The van der Waals surface area contributed by atoms with E-state index in [9.17, 15) is 4.79 Å². The van der Waals surface area contributed by atoms with Gasteiger partial charge < -0.3 is 15.2 Å². The van der Waals surface area contributed by atoms with Gasteiger partial charge in [-0.2, -0.15) is 0 Å². The zero-order valence-corrected chi connectivity index (χ0v) is 15.3. The summed E-state index contributed by atoms with van der Waals surface area (Å²) in [5.74, 6) is -0.358. The first-order valence-electron chi connectivity index (χ1n) is 8.88. The molecule has 2 N–H and O–H groups in total. The highest BCUT2D eigenvalue weighted by atomic mass is 16.1. The van der Waals surface area contributed by atoms with Gasteiger partial charge in [-0.1, -0.05) is 25.5 Å². The van der Waals surface area contributed by atoms with E-state index in [1.54, 1.807) is 0 Å². The number of carbonyl (C=O) groups excluding carboxylic acids is 1. The number of nitrogens with two attached hydrogens (primary N) is 1. The van der Waals surface area contributed by atoms with E-state index in [4.69, 9.17) is 5.73 Å². The molecule has 1 heterocycles. The van der Waals surface area contributed by atoms with Crippen molar-refractivity contribution in [3.8, 4) is 11.3 Å². The first-order chi connectivity index (χ1) is 11.5. The Kier molecular flexibility index (Phi) is 6.07. The zero-order valence-electron chi connectivity index (χ0n) is 15.3. The standard InChI is InChI=1S/C20H29N3O/c1-5-8-13-23-15(4)18(20(21)24)14-19(23)16-9-11-17(12-10-16)22(6-2)7-3/h9-12,14H,5-8,13H2,1-4H3,(H2,21,24). The molecule has 0 bridgehead atoms. The fourth-order valence-electron chi connectivity index (χ4n) is 3.17. The number of nitrogens with zero attached hydrogens (tertiary/aromatic N) is 2. The normalized spacial score (nSPS) is 10.8. The van der Waals surface area contributed by atoms with Crippen molar-refractivity contribution in [1.82, 2.24) is 4.57 Å². The van der Waals surface area contributed by atoms with E-state index >= 15 is 0 Å². The van der Waals surface area contributed by atoms with E-state index in [0.717, 1.165) is 49.4 Å². The minimum absolute atomic E-state index is 0.358. The minimum Gasteiger partial charge on any atom is -0.372 e. The summed E-state index contributed by atoms with van der Waals surface area (Å²) in [4.78, 5) is 14.0. The molecule has 0 unspecified atom stereocenters. The van der Waals surface area contributed by atoms with Crippen LogP contribution in [0, 0.1) is 6.92 Å². The predicted molar refractivity (Wildman–Crippen MR) is 102 cm³/mol.